The number of pyridine rings is 1. The van der Waals surface area contributed by atoms with Gasteiger partial charge in [-0.1, -0.05) is 62.6 Å². The van der Waals surface area contributed by atoms with E-state index in [1.54, 1.807) is 19.4 Å². The molecule has 2 aliphatic carbocycles. The number of alkyl halides is 1. The van der Waals surface area contributed by atoms with Crippen molar-refractivity contribution in [3.63, 3.8) is 0 Å². The molecule has 17 heteroatoms. The van der Waals surface area contributed by atoms with E-state index in [1.165, 1.54) is 5.01 Å². The number of hydrazine groups is 1. The van der Waals surface area contributed by atoms with Crippen molar-refractivity contribution >= 4 is 46.0 Å². The zero-order valence-electron chi connectivity index (χ0n) is 48.6. The number of amides is 3. The normalized spacial score (nSPS) is 27.1. The lowest BCUT2D eigenvalue weighted by Crippen LogP contribution is -2.62. The summed E-state index contributed by atoms with van der Waals surface area (Å²) < 4.78 is 45.5. The molecule has 7 heterocycles. The molecule has 7 aliphatic rings. The Hall–Kier alpha value is -5.69. The molecule has 2 saturated carbocycles. The van der Waals surface area contributed by atoms with Crippen molar-refractivity contribution < 1.29 is 37.6 Å². The third-order valence-electron chi connectivity index (χ3n) is 19.2. The molecule has 4 saturated heterocycles. The van der Waals surface area contributed by atoms with Crippen molar-refractivity contribution in [3.05, 3.63) is 107 Å². The van der Waals surface area contributed by atoms with Crippen LogP contribution in [0.2, 0.25) is 0 Å². The summed E-state index contributed by atoms with van der Waals surface area (Å²) in [7, 11) is 1.69. The molecule has 1 spiro atoms. The first kappa shape index (κ1) is 56.8. The van der Waals surface area contributed by atoms with E-state index >= 15 is 14.0 Å². The molecule has 6 fully saturated rings. The number of fused-ring (bicyclic) bond motifs is 6. The van der Waals surface area contributed by atoms with Crippen LogP contribution in [0.3, 0.4) is 0 Å². The fourth-order valence-electron chi connectivity index (χ4n) is 14.7. The molecule has 2 N–H and O–H groups in total. The molecular weight excluding hydrogens is 1060 g/mol. The van der Waals surface area contributed by atoms with Crippen molar-refractivity contribution in [1.29, 1.82) is 0 Å². The number of carbonyl (C=O) groups excluding carboxylic acids is 4. The summed E-state index contributed by atoms with van der Waals surface area (Å²) in [6.45, 7) is 13.3. The van der Waals surface area contributed by atoms with Gasteiger partial charge in [-0.2, -0.15) is 0 Å². The Balaban J connectivity index is 0.849. The summed E-state index contributed by atoms with van der Waals surface area (Å²) in [5.41, 5.74) is 11.4. The molecular formula is C65H81FN8O7S. The van der Waals surface area contributed by atoms with Crippen LogP contribution in [0.1, 0.15) is 126 Å². The minimum absolute atomic E-state index is 0.00573. The zero-order chi connectivity index (χ0) is 57.2. The number of aryl methyl sites for hydroxylation is 2. The minimum atomic E-state index is -1.42. The molecule has 2 aromatic heterocycles. The standard InChI is InChI=1S/C65H81FN8O7S/c1-7-72-54-23-20-46-34-50(54)51(58(72)49-14-10-26-67-55(49)41(3)80-6)35-64(4,5)39-81-63(78)52-15-11-27-73(69-52)61(76)53(33-42-30-43(36-66)32-47(46)31-42)68-60(75)57(44-12-8-9-13-44)70-28-24-65(37-70)25-29-71(38-65)62(77)59-56(45-18-19-45)74(59)82(79)48-21-16-40(2)17-22-48/h10,14,16-17,20-23,26,30-32,34,41,44-45,52-53,56-57,59,69H,7-9,11-13,15,18-19,24-25,27-29,33,35-39H2,1-6H3,(H,68,75)/t41-,52-,53-,56+,57-,59+,65-,74?,82+/m0/s1. The number of hydrogen-bond acceptors (Lipinski definition) is 11. The Morgan fingerprint density at radius 3 is 2.48 bits per heavy atom. The van der Waals surface area contributed by atoms with E-state index in [1.807, 2.05) is 65.5 Å². The summed E-state index contributed by atoms with van der Waals surface area (Å²) in [5.74, 6) is -0.488. The average molecular weight is 1140 g/mol. The highest BCUT2D eigenvalue weighted by Crippen LogP contribution is 2.52. The summed E-state index contributed by atoms with van der Waals surface area (Å²) >= 11 is -1.42. The van der Waals surface area contributed by atoms with Crippen LogP contribution < -0.4 is 10.7 Å². The van der Waals surface area contributed by atoms with Gasteiger partial charge in [0, 0.05) is 79.7 Å². The monoisotopic (exact) mass is 1140 g/mol. The third kappa shape index (κ3) is 11.1. The molecule has 15 nitrogen and oxygen atoms in total. The van der Waals surface area contributed by atoms with Crippen molar-refractivity contribution in [2.45, 2.75) is 166 Å². The maximum absolute atomic E-state index is 15.5. The summed E-state index contributed by atoms with van der Waals surface area (Å²) in [5, 5.41) is 5.84. The quantitative estimate of drug-likeness (QED) is 0.0657. The van der Waals surface area contributed by atoms with Gasteiger partial charge in [0.1, 0.15) is 18.8 Å². The summed E-state index contributed by atoms with van der Waals surface area (Å²) in [6, 6.07) is 21.2. The van der Waals surface area contributed by atoms with Gasteiger partial charge in [0.05, 0.1) is 47.5 Å². The fraction of sp³-hybridized carbons (Fsp3) is 0.554. The number of likely N-dealkylation sites (tertiary alicyclic amines) is 2. The summed E-state index contributed by atoms with van der Waals surface area (Å²) in [4.78, 5) is 69.3. The number of cyclic esters (lactones) is 1. The van der Waals surface area contributed by atoms with Crippen LogP contribution in [-0.4, -0.2) is 134 Å². The first-order valence-electron chi connectivity index (χ1n) is 30.2. The Bertz CT molecular complexity index is 3230. The maximum Gasteiger partial charge on any atom is 0.324 e. The number of ether oxygens (including phenoxy) is 2. The Labute approximate surface area is 485 Å². The van der Waals surface area contributed by atoms with Crippen molar-refractivity contribution in [2.24, 2.45) is 22.7 Å². The van der Waals surface area contributed by atoms with Gasteiger partial charge in [0.2, 0.25) is 11.8 Å². The summed E-state index contributed by atoms with van der Waals surface area (Å²) in [6.07, 6.45) is 10.7. The zero-order valence-corrected chi connectivity index (χ0v) is 49.4. The lowest BCUT2D eigenvalue weighted by molar-refractivity contribution is -0.155. The van der Waals surface area contributed by atoms with Crippen molar-refractivity contribution in [1.82, 2.24) is 39.4 Å². The maximum atomic E-state index is 15.5. The highest BCUT2D eigenvalue weighted by Gasteiger charge is 2.67. The van der Waals surface area contributed by atoms with E-state index in [0.29, 0.717) is 75.6 Å². The smallest absolute Gasteiger partial charge is 0.324 e. The molecule has 12 rings (SSSR count). The SMILES string of the molecule is CCn1c(-c2cccnc2[C@H](C)OC)c2c3cc(ccc31)-c1cc(CF)cc(c1)C[C@H](NC(=O)[C@H](C1CCCC1)N1CC[C@]3(CCN(C(=O)[C@H]4[C@@H](C5CC5)N4[S@+]([O-])c4ccc(C)cc4)C3)C1)C(=O)N1CCC[C@H](N1)C(=O)OCC(C)(C)C2. The van der Waals surface area contributed by atoms with Gasteiger partial charge in [0.25, 0.3) is 5.91 Å². The predicted molar refractivity (Wildman–Crippen MR) is 314 cm³/mol. The topological polar surface area (TPSA) is 164 Å². The number of halogens is 1. The molecule has 0 radical (unpaired) electrons. The minimum Gasteiger partial charge on any atom is -0.593 e. The van der Waals surface area contributed by atoms with Crippen LogP contribution >= 0.6 is 0 Å². The predicted octanol–water partition coefficient (Wildman–Crippen LogP) is 9.19. The number of nitrogens with one attached hydrogen (secondary N) is 2. The fourth-order valence-corrected chi connectivity index (χ4v) is 16.2. The molecule has 1 unspecified atom stereocenters. The average Bonchev–Trinajstić information content (AvgIpc) is 4.01. The van der Waals surface area contributed by atoms with Gasteiger partial charge in [-0.05, 0) is 167 Å². The number of hydrogen-bond donors (Lipinski definition) is 2. The Kier molecular flexibility index (Phi) is 16.0. The van der Waals surface area contributed by atoms with E-state index in [4.69, 9.17) is 14.5 Å². The highest BCUT2D eigenvalue weighted by atomic mass is 32.2. The molecule has 5 aliphatic heterocycles. The highest BCUT2D eigenvalue weighted by molar-refractivity contribution is 7.89. The van der Waals surface area contributed by atoms with E-state index in [0.717, 1.165) is 106 Å². The van der Waals surface area contributed by atoms with Gasteiger partial charge < -0.3 is 28.8 Å². The van der Waals surface area contributed by atoms with Gasteiger partial charge in [0.15, 0.2) is 10.9 Å². The van der Waals surface area contributed by atoms with Crippen molar-refractivity contribution in [2.75, 3.05) is 46.4 Å². The second kappa shape index (κ2) is 23.1. The Morgan fingerprint density at radius 2 is 1.73 bits per heavy atom. The van der Waals surface area contributed by atoms with E-state index in [9.17, 15) is 14.1 Å². The second-order valence-corrected chi connectivity index (χ2v) is 27.1. The lowest BCUT2D eigenvalue weighted by atomic mass is 9.84. The first-order valence-corrected chi connectivity index (χ1v) is 31.3. The molecule has 9 atom stereocenters. The number of carbonyl (C=O) groups is 4. The number of methoxy groups -OCH3 is 1. The van der Waals surface area contributed by atoms with Crippen LogP contribution in [-0.2, 0) is 66.1 Å². The molecule has 436 valence electrons. The van der Waals surface area contributed by atoms with Gasteiger partial charge in [-0.25, -0.2) is 9.82 Å². The van der Waals surface area contributed by atoms with Crippen LogP contribution in [0.15, 0.2) is 83.9 Å². The molecule has 5 aromatic rings. The molecule has 6 bridgehead atoms. The van der Waals surface area contributed by atoms with Gasteiger partial charge in [-0.15, -0.1) is 4.31 Å². The number of esters is 1. The number of nitrogens with zero attached hydrogens (tertiary/aromatic N) is 6. The van der Waals surface area contributed by atoms with E-state index in [-0.39, 0.29) is 60.3 Å². The second-order valence-electron chi connectivity index (χ2n) is 25.7. The number of benzene rings is 3. The molecule has 3 aromatic carbocycles. The third-order valence-corrected chi connectivity index (χ3v) is 20.7. The Morgan fingerprint density at radius 1 is 0.951 bits per heavy atom. The van der Waals surface area contributed by atoms with Gasteiger partial charge in [-0.3, -0.25) is 34.1 Å². The van der Waals surface area contributed by atoms with Crippen LogP contribution in [0, 0.1) is 29.6 Å². The number of rotatable bonds is 13. The molecule has 82 heavy (non-hydrogen) atoms. The lowest BCUT2D eigenvalue weighted by Gasteiger charge is -2.37. The van der Waals surface area contributed by atoms with E-state index < -0.39 is 47.5 Å². The number of aromatic nitrogens is 2. The molecule has 3 amide bonds. The van der Waals surface area contributed by atoms with Gasteiger partial charge >= 0.3 is 5.97 Å². The van der Waals surface area contributed by atoms with Crippen LogP contribution in [0.5, 0.6) is 0 Å². The van der Waals surface area contributed by atoms with Crippen molar-refractivity contribution in [3.8, 4) is 22.4 Å². The van der Waals surface area contributed by atoms with E-state index in [2.05, 4.69) is 65.2 Å². The first-order chi connectivity index (χ1) is 39.6. The van der Waals surface area contributed by atoms with Crippen LogP contribution in [0.25, 0.3) is 33.3 Å². The van der Waals surface area contributed by atoms with Crippen LogP contribution in [0.4, 0.5) is 4.39 Å². The largest absolute Gasteiger partial charge is 0.593 e.